The molecule has 0 bridgehead atoms. The SMILES string of the molecule is COC(=O)N1CCC(c2nc(Br)c3ccccn23)CC1. The molecule has 6 heteroatoms. The van der Waals surface area contributed by atoms with Crippen molar-refractivity contribution < 1.29 is 9.53 Å². The molecule has 106 valence electrons. The molecule has 2 aromatic rings. The fraction of sp³-hybridized carbons (Fsp3) is 0.429. The van der Waals surface area contributed by atoms with E-state index < -0.39 is 0 Å². The summed E-state index contributed by atoms with van der Waals surface area (Å²) in [7, 11) is 1.42. The third-order valence-electron chi connectivity index (χ3n) is 3.82. The first-order chi connectivity index (χ1) is 9.70. The highest BCUT2D eigenvalue weighted by Crippen LogP contribution is 2.30. The van der Waals surface area contributed by atoms with Crippen molar-refractivity contribution in [3.63, 3.8) is 0 Å². The van der Waals surface area contributed by atoms with E-state index >= 15 is 0 Å². The van der Waals surface area contributed by atoms with E-state index in [1.54, 1.807) is 4.90 Å². The molecule has 0 atom stereocenters. The molecule has 1 amide bonds. The van der Waals surface area contributed by atoms with Gasteiger partial charge in [-0.1, -0.05) is 6.07 Å². The summed E-state index contributed by atoms with van der Waals surface area (Å²) in [4.78, 5) is 17.9. The van der Waals surface area contributed by atoms with Gasteiger partial charge in [-0.25, -0.2) is 9.78 Å². The van der Waals surface area contributed by atoms with Gasteiger partial charge in [0.1, 0.15) is 10.4 Å². The van der Waals surface area contributed by atoms with Crippen molar-refractivity contribution in [1.82, 2.24) is 14.3 Å². The number of hydrogen-bond acceptors (Lipinski definition) is 3. The Balaban J connectivity index is 1.82. The van der Waals surface area contributed by atoms with Gasteiger partial charge >= 0.3 is 6.09 Å². The van der Waals surface area contributed by atoms with Crippen LogP contribution in [0.2, 0.25) is 0 Å². The summed E-state index contributed by atoms with van der Waals surface area (Å²) in [6.45, 7) is 1.44. The zero-order chi connectivity index (χ0) is 14.1. The number of rotatable bonds is 1. The topological polar surface area (TPSA) is 46.8 Å². The number of carbonyl (C=O) groups excluding carboxylic acids is 1. The molecular weight excluding hydrogens is 322 g/mol. The zero-order valence-corrected chi connectivity index (χ0v) is 12.8. The monoisotopic (exact) mass is 337 g/mol. The third kappa shape index (κ3) is 2.28. The van der Waals surface area contributed by atoms with Crippen molar-refractivity contribution in [2.45, 2.75) is 18.8 Å². The lowest BCUT2D eigenvalue weighted by Crippen LogP contribution is -2.38. The molecule has 1 aliphatic rings. The molecule has 0 aliphatic carbocycles. The molecule has 0 N–H and O–H groups in total. The summed E-state index contributed by atoms with van der Waals surface area (Å²) in [6, 6.07) is 6.06. The van der Waals surface area contributed by atoms with E-state index in [0.29, 0.717) is 5.92 Å². The summed E-state index contributed by atoms with van der Waals surface area (Å²) in [5.41, 5.74) is 1.08. The number of ether oxygens (including phenoxy) is 1. The fourth-order valence-corrected chi connectivity index (χ4v) is 3.26. The average Bonchev–Trinajstić information content (AvgIpc) is 2.84. The van der Waals surface area contributed by atoms with Crippen LogP contribution in [0.15, 0.2) is 29.0 Å². The quantitative estimate of drug-likeness (QED) is 0.803. The maximum absolute atomic E-state index is 11.5. The van der Waals surface area contributed by atoms with E-state index in [2.05, 4.69) is 25.3 Å². The highest BCUT2D eigenvalue weighted by molar-refractivity contribution is 9.10. The second kappa shape index (κ2) is 5.44. The molecule has 1 aliphatic heterocycles. The van der Waals surface area contributed by atoms with Crippen LogP contribution in [0.3, 0.4) is 0 Å². The Hall–Kier alpha value is -1.56. The third-order valence-corrected chi connectivity index (χ3v) is 4.41. The summed E-state index contributed by atoms with van der Waals surface area (Å²) in [5, 5.41) is 0. The molecule has 1 fully saturated rings. The maximum Gasteiger partial charge on any atom is 0.409 e. The molecule has 20 heavy (non-hydrogen) atoms. The Kier molecular flexibility index (Phi) is 3.65. The van der Waals surface area contributed by atoms with Gasteiger partial charge in [0, 0.05) is 25.2 Å². The largest absolute Gasteiger partial charge is 0.453 e. The van der Waals surface area contributed by atoms with Gasteiger partial charge in [0.25, 0.3) is 0 Å². The Bertz CT molecular complexity index is 632. The number of aromatic nitrogens is 2. The molecule has 0 unspecified atom stereocenters. The number of carbonyl (C=O) groups is 1. The number of piperidine rings is 1. The van der Waals surface area contributed by atoms with Crippen molar-refractivity contribution >= 4 is 27.5 Å². The lowest BCUT2D eigenvalue weighted by Gasteiger charge is -2.30. The first-order valence-corrected chi connectivity index (χ1v) is 7.45. The maximum atomic E-state index is 11.5. The lowest BCUT2D eigenvalue weighted by molar-refractivity contribution is 0.111. The smallest absolute Gasteiger partial charge is 0.409 e. The van der Waals surface area contributed by atoms with E-state index in [-0.39, 0.29) is 6.09 Å². The Morgan fingerprint density at radius 1 is 1.40 bits per heavy atom. The van der Waals surface area contributed by atoms with E-state index in [1.165, 1.54) is 7.11 Å². The number of pyridine rings is 1. The normalized spacial score (nSPS) is 16.6. The minimum Gasteiger partial charge on any atom is -0.453 e. The van der Waals surface area contributed by atoms with Crippen molar-refractivity contribution in [2.24, 2.45) is 0 Å². The molecule has 5 nitrogen and oxygen atoms in total. The molecule has 0 saturated carbocycles. The van der Waals surface area contributed by atoms with Crippen molar-refractivity contribution in [1.29, 1.82) is 0 Å². The predicted octanol–water partition coefficient (Wildman–Crippen LogP) is 3.04. The lowest BCUT2D eigenvalue weighted by atomic mass is 9.96. The van der Waals surface area contributed by atoms with Crippen LogP contribution in [0.4, 0.5) is 4.79 Å². The summed E-state index contributed by atoms with van der Waals surface area (Å²) < 4.78 is 7.77. The van der Waals surface area contributed by atoms with Crippen LogP contribution in [0.25, 0.3) is 5.52 Å². The van der Waals surface area contributed by atoms with Gasteiger partial charge in [0.2, 0.25) is 0 Å². The van der Waals surface area contributed by atoms with Crippen LogP contribution in [-0.4, -0.2) is 40.6 Å². The van der Waals surface area contributed by atoms with Gasteiger partial charge in [-0.3, -0.25) is 0 Å². The summed E-state index contributed by atoms with van der Waals surface area (Å²) in [6.07, 6.45) is 3.62. The van der Waals surface area contributed by atoms with Crippen molar-refractivity contribution in [3.05, 3.63) is 34.8 Å². The second-order valence-electron chi connectivity index (χ2n) is 4.95. The van der Waals surface area contributed by atoms with Crippen LogP contribution >= 0.6 is 15.9 Å². The van der Waals surface area contributed by atoms with Gasteiger partial charge in [-0.05, 0) is 40.9 Å². The van der Waals surface area contributed by atoms with E-state index in [4.69, 9.17) is 4.74 Å². The Morgan fingerprint density at radius 2 is 2.15 bits per heavy atom. The summed E-state index contributed by atoms with van der Waals surface area (Å²) >= 11 is 3.51. The highest BCUT2D eigenvalue weighted by atomic mass is 79.9. The average molecular weight is 338 g/mol. The minimum atomic E-state index is -0.238. The predicted molar refractivity (Wildman–Crippen MR) is 78.8 cm³/mol. The van der Waals surface area contributed by atoms with Crippen LogP contribution < -0.4 is 0 Å². The first-order valence-electron chi connectivity index (χ1n) is 6.66. The number of amides is 1. The molecule has 3 rings (SSSR count). The van der Waals surface area contributed by atoms with E-state index in [1.807, 2.05) is 24.4 Å². The number of nitrogens with zero attached hydrogens (tertiary/aromatic N) is 3. The van der Waals surface area contributed by atoms with E-state index in [9.17, 15) is 4.79 Å². The molecule has 2 aromatic heterocycles. The van der Waals surface area contributed by atoms with Crippen LogP contribution in [0.1, 0.15) is 24.6 Å². The highest BCUT2D eigenvalue weighted by Gasteiger charge is 2.27. The molecule has 1 saturated heterocycles. The number of imidazole rings is 1. The van der Waals surface area contributed by atoms with E-state index in [0.717, 1.165) is 41.9 Å². The van der Waals surface area contributed by atoms with Crippen LogP contribution in [0, 0.1) is 0 Å². The van der Waals surface area contributed by atoms with Gasteiger partial charge in [-0.2, -0.15) is 0 Å². The van der Waals surface area contributed by atoms with Gasteiger partial charge in [0.05, 0.1) is 12.6 Å². The Morgan fingerprint density at radius 3 is 2.85 bits per heavy atom. The van der Waals surface area contributed by atoms with Crippen molar-refractivity contribution in [3.8, 4) is 0 Å². The van der Waals surface area contributed by atoms with Gasteiger partial charge in [0.15, 0.2) is 0 Å². The number of hydrogen-bond donors (Lipinski definition) is 0. The molecule has 0 aromatic carbocycles. The van der Waals surface area contributed by atoms with Gasteiger partial charge in [-0.15, -0.1) is 0 Å². The standard InChI is InChI=1S/C14H16BrN3O2/c1-20-14(19)17-8-5-10(6-9-17)13-16-12(15)11-4-2-3-7-18(11)13/h2-4,7,10H,5-6,8-9H2,1H3. The van der Waals surface area contributed by atoms with Crippen molar-refractivity contribution in [2.75, 3.05) is 20.2 Å². The molecule has 0 spiro atoms. The fourth-order valence-electron chi connectivity index (χ4n) is 2.76. The number of halogens is 1. The number of fused-ring (bicyclic) bond motifs is 1. The molecule has 3 heterocycles. The Labute approximate surface area is 125 Å². The number of likely N-dealkylation sites (tertiary alicyclic amines) is 1. The summed E-state index contributed by atoms with van der Waals surface area (Å²) in [5.74, 6) is 1.44. The van der Waals surface area contributed by atoms with Crippen LogP contribution in [-0.2, 0) is 4.74 Å². The number of methoxy groups -OCH3 is 1. The zero-order valence-electron chi connectivity index (χ0n) is 11.3. The van der Waals surface area contributed by atoms with Gasteiger partial charge < -0.3 is 14.0 Å². The minimum absolute atomic E-state index is 0.238. The molecule has 0 radical (unpaired) electrons. The second-order valence-corrected chi connectivity index (χ2v) is 5.70. The first kappa shape index (κ1) is 13.4. The molecular formula is C14H16BrN3O2. The van der Waals surface area contributed by atoms with Crippen LogP contribution in [0.5, 0.6) is 0 Å².